The minimum atomic E-state index is -1.74. The lowest BCUT2D eigenvalue weighted by atomic mass is 9.98. The molecule has 25 heavy (non-hydrogen) atoms. The maximum Gasteiger partial charge on any atom is 0.351 e. The third kappa shape index (κ3) is 3.55. The van der Waals surface area contributed by atoms with Gasteiger partial charge in [-0.3, -0.25) is 9.36 Å². The largest absolute Gasteiger partial charge is 0.393 e. The second-order valence-electron chi connectivity index (χ2n) is 7.76. The van der Waals surface area contributed by atoms with Crippen LogP contribution in [0.1, 0.15) is 27.2 Å². The van der Waals surface area contributed by atoms with Gasteiger partial charge in [-0.2, -0.15) is 4.98 Å². The van der Waals surface area contributed by atoms with E-state index in [2.05, 4.69) is 4.98 Å². The van der Waals surface area contributed by atoms with Crippen LogP contribution in [0, 0.1) is 0 Å². The number of hydrogen-bond acceptors (Lipinski definition) is 7. The Balaban J connectivity index is 2.60. The van der Waals surface area contributed by atoms with Crippen LogP contribution in [-0.4, -0.2) is 53.7 Å². The van der Waals surface area contributed by atoms with E-state index in [4.69, 9.17) is 15.2 Å². The molecule has 1 aromatic heterocycles. The smallest absolute Gasteiger partial charge is 0.351 e. The minimum absolute atomic E-state index is 0.117. The van der Waals surface area contributed by atoms with Gasteiger partial charge in [-0.15, -0.1) is 0 Å². The van der Waals surface area contributed by atoms with Gasteiger partial charge in [0.15, 0.2) is 11.9 Å². The van der Waals surface area contributed by atoms with E-state index in [9.17, 15) is 14.7 Å². The normalized spacial score (nSPS) is 30.0. The number of aliphatic hydroxyl groups excluding tert-OH is 1. The fourth-order valence-corrected chi connectivity index (χ4v) is 5.09. The lowest BCUT2D eigenvalue weighted by Gasteiger charge is -2.36. The number of rotatable bonds is 5. The summed E-state index contributed by atoms with van der Waals surface area (Å²) in [5.41, 5.74) is 2.97. The molecule has 0 aromatic carbocycles. The maximum atomic E-state index is 12.4. The van der Waals surface area contributed by atoms with E-state index in [1.807, 2.05) is 33.9 Å². The number of carbonyl (C=O) groups is 1. The molecule has 2 rings (SSSR count). The standard InChI is InChI=1S/C16H27N3O5Si/c1-14(2,3)23-11-8-16(25(4)5,24-15(11,9-20)10-21)19-7-6-12(17)18-13(19)22/h6-7,9,11,21,25H,8,10H2,1-5H3,(H2,17,18,22)/t11-,15+,16-/m0/s1. The number of nitrogens with two attached hydrogens (primary N) is 1. The molecule has 1 fully saturated rings. The predicted molar refractivity (Wildman–Crippen MR) is 96.0 cm³/mol. The Kier molecular flexibility index (Phi) is 5.25. The van der Waals surface area contributed by atoms with Gasteiger partial charge in [-0.05, 0) is 26.8 Å². The molecule has 8 nitrogen and oxygen atoms in total. The Labute approximate surface area is 148 Å². The quantitative estimate of drug-likeness (QED) is 0.556. The second-order valence-corrected chi connectivity index (χ2v) is 11.0. The van der Waals surface area contributed by atoms with Crippen molar-refractivity contribution in [2.75, 3.05) is 12.3 Å². The summed E-state index contributed by atoms with van der Waals surface area (Å²) in [6.45, 7) is 9.08. The lowest BCUT2D eigenvalue weighted by Crippen LogP contribution is -2.53. The summed E-state index contributed by atoms with van der Waals surface area (Å²) in [5, 5.41) is 8.87. The number of aliphatic hydroxyl groups is 1. The Bertz CT molecular complexity index is 702. The number of carbonyl (C=O) groups excluding carboxylic acids is 1. The molecule has 3 atom stereocenters. The van der Waals surface area contributed by atoms with Crippen LogP contribution in [0.2, 0.25) is 13.1 Å². The molecule has 0 radical (unpaired) electrons. The zero-order chi connectivity index (χ0) is 19.0. The van der Waals surface area contributed by atoms with E-state index in [1.165, 1.54) is 16.8 Å². The predicted octanol–water partition coefficient (Wildman–Crippen LogP) is 0.0382. The van der Waals surface area contributed by atoms with Gasteiger partial charge in [0, 0.05) is 12.6 Å². The molecule has 0 bridgehead atoms. The van der Waals surface area contributed by atoms with E-state index in [0.717, 1.165) is 0 Å². The van der Waals surface area contributed by atoms with Gasteiger partial charge in [0.05, 0.1) is 21.0 Å². The van der Waals surface area contributed by atoms with Gasteiger partial charge in [0.1, 0.15) is 17.3 Å². The Morgan fingerprint density at radius 3 is 2.64 bits per heavy atom. The second kappa shape index (κ2) is 6.64. The highest BCUT2D eigenvalue weighted by atomic mass is 28.3. The van der Waals surface area contributed by atoms with E-state index in [1.54, 1.807) is 0 Å². The minimum Gasteiger partial charge on any atom is -0.393 e. The van der Waals surface area contributed by atoms with Gasteiger partial charge in [-0.1, -0.05) is 13.1 Å². The maximum absolute atomic E-state index is 12.4. The van der Waals surface area contributed by atoms with Gasteiger partial charge < -0.3 is 20.3 Å². The third-order valence-electron chi connectivity index (χ3n) is 4.47. The summed E-state index contributed by atoms with van der Waals surface area (Å²) >= 11 is 0. The summed E-state index contributed by atoms with van der Waals surface area (Å²) in [6.07, 6.45) is 1.70. The average molecular weight is 369 g/mol. The highest BCUT2D eigenvalue weighted by Gasteiger charge is 2.60. The molecule has 0 saturated carbocycles. The van der Waals surface area contributed by atoms with Gasteiger partial charge in [-0.25, -0.2) is 4.79 Å². The van der Waals surface area contributed by atoms with Crippen molar-refractivity contribution in [3.63, 3.8) is 0 Å². The first-order chi connectivity index (χ1) is 11.5. The molecule has 0 amide bonds. The van der Waals surface area contributed by atoms with Crippen molar-refractivity contribution in [2.45, 2.75) is 62.9 Å². The van der Waals surface area contributed by atoms with Crippen LogP contribution in [0.3, 0.4) is 0 Å². The Morgan fingerprint density at radius 2 is 2.20 bits per heavy atom. The van der Waals surface area contributed by atoms with Crippen LogP contribution in [-0.2, 0) is 19.6 Å². The van der Waals surface area contributed by atoms with Crippen LogP contribution >= 0.6 is 0 Å². The van der Waals surface area contributed by atoms with Crippen molar-refractivity contribution in [2.24, 2.45) is 0 Å². The Hall–Kier alpha value is -1.55. The summed E-state index contributed by atoms with van der Waals surface area (Å²) < 4.78 is 13.6. The van der Waals surface area contributed by atoms with Crippen molar-refractivity contribution >= 4 is 20.9 Å². The number of hydrogen-bond donors (Lipinski definition) is 2. The molecular formula is C16H27N3O5Si. The van der Waals surface area contributed by atoms with Crippen LogP contribution in [0.5, 0.6) is 0 Å². The summed E-state index contributed by atoms with van der Waals surface area (Å²) in [6, 6.07) is 1.52. The lowest BCUT2D eigenvalue weighted by molar-refractivity contribution is -0.176. The highest BCUT2D eigenvalue weighted by Crippen LogP contribution is 2.44. The fourth-order valence-electron chi connectivity index (χ4n) is 3.20. The van der Waals surface area contributed by atoms with Gasteiger partial charge in [0.2, 0.25) is 0 Å². The molecule has 0 spiro atoms. The number of aldehydes is 1. The molecule has 1 saturated heterocycles. The van der Waals surface area contributed by atoms with Crippen LogP contribution in [0.4, 0.5) is 5.82 Å². The summed E-state index contributed by atoms with van der Waals surface area (Å²) in [7, 11) is -1.74. The van der Waals surface area contributed by atoms with E-state index in [0.29, 0.717) is 6.29 Å². The molecule has 9 heteroatoms. The number of nitrogens with zero attached hydrogens (tertiary/aromatic N) is 2. The van der Waals surface area contributed by atoms with Gasteiger partial charge >= 0.3 is 5.69 Å². The van der Waals surface area contributed by atoms with Crippen molar-refractivity contribution in [3.05, 3.63) is 22.7 Å². The molecule has 1 aliphatic heterocycles. The molecule has 1 aromatic rings. The van der Waals surface area contributed by atoms with E-state index in [-0.39, 0.29) is 12.2 Å². The fraction of sp³-hybridized carbons (Fsp3) is 0.688. The highest BCUT2D eigenvalue weighted by molar-refractivity contribution is 6.58. The average Bonchev–Trinajstić information content (AvgIpc) is 2.81. The number of nitrogen functional groups attached to an aromatic ring is 1. The molecule has 0 aliphatic carbocycles. The first-order valence-electron chi connectivity index (χ1n) is 8.30. The first-order valence-corrected chi connectivity index (χ1v) is 11.2. The SMILES string of the molecule is C[SiH](C)[C@]1(n2ccc(N)nc2=O)C[C@H](OC(C)(C)C)[C@@](C=O)(CO)O1. The van der Waals surface area contributed by atoms with Crippen molar-refractivity contribution in [1.82, 2.24) is 9.55 Å². The molecular weight excluding hydrogens is 342 g/mol. The van der Waals surface area contributed by atoms with Gasteiger partial charge in [0.25, 0.3) is 0 Å². The number of ether oxygens (including phenoxy) is 2. The zero-order valence-corrected chi connectivity index (χ0v) is 16.5. The summed E-state index contributed by atoms with van der Waals surface area (Å²) in [5.74, 6) is 0.117. The topological polar surface area (TPSA) is 117 Å². The zero-order valence-electron chi connectivity index (χ0n) is 15.4. The monoisotopic (exact) mass is 369 g/mol. The van der Waals surface area contributed by atoms with E-state index >= 15 is 0 Å². The van der Waals surface area contributed by atoms with Crippen LogP contribution in [0.25, 0.3) is 0 Å². The molecule has 140 valence electrons. The Morgan fingerprint density at radius 1 is 1.56 bits per heavy atom. The molecule has 2 heterocycles. The number of aromatic nitrogens is 2. The van der Waals surface area contributed by atoms with Crippen molar-refractivity contribution in [1.29, 1.82) is 0 Å². The van der Waals surface area contributed by atoms with Crippen LogP contribution in [0.15, 0.2) is 17.1 Å². The van der Waals surface area contributed by atoms with Crippen LogP contribution < -0.4 is 11.4 Å². The summed E-state index contributed by atoms with van der Waals surface area (Å²) in [4.78, 5) is 28.1. The molecule has 1 aliphatic rings. The molecule has 0 unspecified atom stereocenters. The third-order valence-corrected chi connectivity index (χ3v) is 6.90. The van der Waals surface area contributed by atoms with E-state index < -0.39 is 43.7 Å². The molecule has 3 N–H and O–H groups in total. The van der Waals surface area contributed by atoms with Crippen molar-refractivity contribution in [3.8, 4) is 0 Å². The first kappa shape index (κ1) is 19.8. The van der Waals surface area contributed by atoms with Crippen molar-refractivity contribution < 1.29 is 19.4 Å². The number of anilines is 1.